The first-order valence-corrected chi connectivity index (χ1v) is 10.3. The topological polar surface area (TPSA) is 79.0 Å². The van der Waals surface area contributed by atoms with Gasteiger partial charge in [-0.05, 0) is 48.7 Å². The summed E-state index contributed by atoms with van der Waals surface area (Å²) in [6, 6.07) is 12.0. The molecule has 2 fully saturated rings. The lowest BCUT2D eigenvalue weighted by atomic mass is 9.87. The summed E-state index contributed by atoms with van der Waals surface area (Å²) in [6.45, 7) is 0.549. The first-order valence-electron chi connectivity index (χ1n) is 9.92. The second kappa shape index (κ2) is 8.55. The highest BCUT2D eigenvalue weighted by molar-refractivity contribution is 6.31. The fourth-order valence-corrected chi connectivity index (χ4v) is 4.06. The van der Waals surface area contributed by atoms with Crippen LogP contribution in [0.1, 0.15) is 18.4 Å². The van der Waals surface area contributed by atoms with Crippen molar-refractivity contribution in [3.63, 3.8) is 0 Å². The Kier molecular flexibility index (Phi) is 5.82. The number of nitrogens with one attached hydrogen (secondary N) is 1. The van der Waals surface area contributed by atoms with Gasteiger partial charge in [0.05, 0.1) is 6.54 Å². The first-order chi connectivity index (χ1) is 14.9. The molecule has 4 amide bonds. The zero-order valence-electron chi connectivity index (χ0n) is 16.6. The largest absolute Gasteiger partial charge is 0.484 e. The van der Waals surface area contributed by atoms with Crippen LogP contribution in [0.15, 0.2) is 48.5 Å². The number of benzene rings is 2. The maximum Gasteiger partial charge on any atom is 0.325 e. The molecule has 2 saturated heterocycles. The van der Waals surface area contributed by atoms with Gasteiger partial charge in [-0.2, -0.15) is 0 Å². The number of hydrogen-bond donors (Lipinski definition) is 1. The summed E-state index contributed by atoms with van der Waals surface area (Å²) in [6.07, 6.45) is 0.637. The van der Waals surface area contributed by atoms with E-state index in [0.29, 0.717) is 42.3 Å². The zero-order valence-corrected chi connectivity index (χ0v) is 17.4. The Morgan fingerprint density at radius 1 is 1.10 bits per heavy atom. The molecular weight excluding hydrogens is 425 g/mol. The third-order valence-corrected chi connectivity index (χ3v) is 6.05. The van der Waals surface area contributed by atoms with Gasteiger partial charge in [0.1, 0.15) is 17.1 Å². The number of likely N-dealkylation sites (tertiary alicyclic amines) is 1. The maximum absolute atomic E-state index is 13.1. The molecule has 2 aromatic carbocycles. The van der Waals surface area contributed by atoms with Crippen LogP contribution >= 0.6 is 11.6 Å². The zero-order chi connectivity index (χ0) is 22.0. The lowest BCUT2D eigenvalue weighted by molar-refractivity contribution is -0.139. The fraction of sp³-hybridized carbons (Fsp3) is 0.318. The molecular formula is C22H21ClFN3O4. The van der Waals surface area contributed by atoms with Crippen molar-refractivity contribution in [3.05, 3.63) is 64.9 Å². The minimum atomic E-state index is -1.01. The van der Waals surface area contributed by atoms with E-state index in [1.54, 1.807) is 29.2 Å². The van der Waals surface area contributed by atoms with E-state index in [4.69, 9.17) is 16.3 Å². The molecule has 0 saturated carbocycles. The van der Waals surface area contributed by atoms with Crippen LogP contribution in [-0.4, -0.2) is 52.9 Å². The van der Waals surface area contributed by atoms with Crippen LogP contribution in [0.2, 0.25) is 5.02 Å². The average Bonchev–Trinajstić information content (AvgIpc) is 2.99. The number of amides is 4. The molecule has 4 rings (SSSR count). The van der Waals surface area contributed by atoms with Gasteiger partial charge in [-0.25, -0.2) is 9.18 Å². The Hall–Kier alpha value is -3.13. The summed E-state index contributed by atoms with van der Waals surface area (Å²) in [4.78, 5) is 40.8. The molecule has 2 heterocycles. The van der Waals surface area contributed by atoms with Crippen molar-refractivity contribution >= 4 is 29.4 Å². The molecule has 0 atom stereocenters. The van der Waals surface area contributed by atoms with Crippen molar-refractivity contribution in [1.29, 1.82) is 0 Å². The smallest absolute Gasteiger partial charge is 0.325 e. The lowest BCUT2D eigenvalue weighted by Gasteiger charge is -2.37. The summed E-state index contributed by atoms with van der Waals surface area (Å²) in [7, 11) is 0. The summed E-state index contributed by atoms with van der Waals surface area (Å²) < 4.78 is 18.4. The average molecular weight is 446 g/mol. The molecule has 2 aliphatic heterocycles. The number of carbonyl (C=O) groups excluding carboxylic acids is 3. The van der Waals surface area contributed by atoms with Crippen molar-refractivity contribution in [2.45, 2.75) is 24.9 Å². The summed E-state index contributed by atoms with van der Waals surface area (Å²) in [5.74, 6) is -0.514. The number of rotatable bonds is 5. The van der Waals surface area contributed by atoms with Gasteiger partial charge in [-0.3, -0.25) is 14.5 Å². The quantitative estimate of drug-likeness (QED) is 0.718. The third-order valence-electron chi connectivity index (χ3n) is 5.68. The summed E-state index contributed by atoms with van der Waals surface area (Å²) in [5.41, 5.74) is -0.317. The van der Waals surface area contributed by atoms with Gasteiger partial charge in [0.25, 0.3) is 11.8 Å². The second-order valence-electron chi connectivity index (χ2n) is 7.62. The number of urea groups is 1. The third kappa shape index (κ3) is 4.34. The summed E-state index contributed by atoms with van der Waals surface area (Å²) in [5, 5.41) is 3.31. The lowest BCUT2D eigenvalue weighted by Crippen LogP contribution is -2.56. The van der Waals surface area contributed by atoms with Crippen molar-refractivity contribution in [2.75, 3.05) is 19.7 Å². The minimum absolute atomic E-state index is 0.0975. The number of carbonyl (C=O) groups is 3. The monoisotopic (exact) mass is 445 g/mol. The van der Waals surface area contributed by atoms with E-state index >= 15 is 0 Å². The number of piperidine rings is 1. The van der Waals surface area contributed by atoms with Crippen LogP contribution < -0.4 is 10.1 Å². The Labute approximate surface area is 183 Å². The van der Waals surface area contributed by atoms with Crippen LogP contribution in [0.3, 0.4) is 0 Å². The van der Waals surface area contributed by atoms with Crippen molar-refractivity contribution in [2.24, 2.45) is 0 Å². The molecule has 2 aromatic rings. The Bertz CT molecular complexity index is 1010. The molecule has 0 unspecified atom stereocenters. The number of halogens is 2. The van der Waals surface area contributed by atoms with E-state index < -0.39 is 11.6 Å². The molecule has 0 bridgehead atoms. The molecule has 1 N–H and O–H groups in total. The van der Waals surface area contributed by atoms with E-state index in [9.17, 15) is 18.8 Å². The van der Waals surface area contributed by atoms with Crippen molar-refractivity contribution in [3.8, 4) is 5.75 Å². The molecule has 0 radical (unpaired) electrons. The second-order valence-corrected chi connectivity index (χ2v) is 8.03. The normalized spacial score (nSPS) is 17.7. The predicted molar refractivity (Wildman–Crippen MR) is 111 cm³/mol. The van der Waals surface area contributed by atoms with Gasteiger partial charge in [-0.1, -0.05) is 29.8 Å². The standard InChI is InChI=1S/C22H21ClFN3O4/c23-18-4-2-1-3-15(18)13-27-20(29)22(25-21(27)30)9-11-26(12-10-22)19(28)14-31-17-7-5-16(24)6-8-17/h1-8H,9-14H2,(H,25,30). The van der Waals surface area contributed by atoms with Gasteiger partial charge in [-0.15, -0.1) is 0 Å². The van der Waals surface area contributed by atoms with E-state index in [0.717, 1.165) is 0 Å². The molecule has 9 heteroatoms. The van der Waals surface area contributed by atoms with E-state index in [-0.39, 0.29) is 30.8 Å². The molecule has 1 spiro atoms. The van der Waals surface area contributed by atoms with Crippen LogP contribution in [0.5, 0.6) is 5.75 Å². The Morgan fingerprint density at radius 3 is 2.45 bits per heavy atom. The highest BCUT2D eigenvalue weighted by Gasteiger charge is 2.52. The Morgan fingerprint density at radius 2 is 1.77 bits per heavy atom. The van der Waals surface area contributed by atoms with Gasteiger partial charge >= 0.3 is 6.03 Å². The summed E-state index contributed by atoms with van der Waals surface area (Å²) >= 11 is 6.17. The van der Waals surface area contributed by atoms with Crippen LogP contribution in [-0.2, 0) is 16.1 Å². The van der Waals surface area contributed by atoms with Crippen molar-refractivity contribution in [1.82, 2.24) is 15.1 Å². The highest BCUT2D eigenvalue weighted by atomic mass is 35.5. The van der Waals surface area contributed by atoms with Crippen LogP contribution in [0.4, 0.5) is 9.18 Å². The predicted octanol–water partition coefficient (Wildman–Crippen LogP) is 2.97. The van der Waals surface area contributed by atoms with E-state index in [1.165, 1.54) is 29.2 Å². The molecule has 0 aliphatic carbocycles. The first kappa shape index (κ1) is 21.1. The number of imide groups is 1. The van der Waals surface area contributed by atoms with Gasteiger partial charge in [0, 0.05) is 18.1 Å². The molecule has 7 nitrogen and oxygen atoms in total. The number of hydrogen-bond acceptors (Lipinski definition) is 4. The van der Waals surface area contributed by atoms with Crippen LogP contribution in [0.25, 0.3) is 0 Å². The van der Waals surface area contributed by atoms with Gasteiger partial charge in [0.15, 0.2) is 6.61 Å². The Balaban J connectivity index is 1.34. The number of nitrogens with zero attached hydrogens (tertiary/aromatic N) is 2. The molecule has 162 valence electrons. The van der Waals surface area contributed by atoms with Gasteiger partial charge < -0.3 is 15.0 Å². The molecule has 0 aromatic heterocycles. The van der Waals surface area contributed by atoms with E-state index in [1.807, 2.05) is 0 Å². The highest BCUT2D eigenvalue weighted by Crippen LogP contribution is 2.31. The molecule has 31 heavy (non-hydrogen) atoms. The maximum atomic E-state index is 13.1. The molecule has 2 aliphatic rings. The minimum Gasteiger partial charge on any atom is -0.484 e. The van der Waals surface area contributed by atoms with Gasteiger partial charge in [0.2, 0.25) is 0 Å². The SMILES string of the molecule is O=C(COc1ccc(F)cc1)N1CCC2(CC1)NC(=O)N(Cc1ccccc1Cl)C2=O. The number of ether oxygens (including phenoxy) is 1. The van der Waals surface area contributed by atoms with Crippen molar-refractivity contribution < 1.29 is 23.5 Å². The van der Waals surface area contributed by atoms with E-state index in [2.05, 4.69) is 5.32 Å². The fourth-order valence-electron chi connectivity index (χ4n) is 3.86. The van der Waals surface area contributed by atoms with Crippen LogP contribution in [0, 0.1) is 5.82 Å².